The number of amides is 3. The van der Waals surface area contributed by atoms with Crippen LogP contribution in [-0.4, -0.2) is 17.5 Å². The van der Waals surface area contributed by atoms with Crippen molar-refractivity contribution in [2.24, 2.45) is 5.41 Å². The summed E-state index contributed by atoms with van der Waals surface area (Å²) < 4.78 is 0. The number of nitrogens with zero attached hydrogens (tertiary/aromatic N) is 1. The van der Waals surface area contributed by atoms with Crippen LogP contribution >= 0.6 is 11.6 Å². The molecule has 19 heavy (non-hydrogen) atoms. The molecule has 0 aliphatic carbocycles. The molecule has 0 spiro atoms. The third kappa shape index (κ3) is 2.10. The van der Waals surface area contributed by atoms with Crippen molar-refractivity contribution in [3.05, 3.63) is 29.3 Å². The molecular weight excluding hydrogens is 264 g/mol. The van der Waals surface area contributed by atoms with Gasteiger partial charge in [-0.15, -0.1) is 0 Å². The van der Waals surface area contributed by atoms with Crippen molar-refractivity contribution >= 4 is 29.2 Å². The van der Waals surface area contributed by atoms with Gasteiger partial charge in [-0.05, 0) is 45.9 Å². The highest BCUT2D eigenvalue weighted by molar-refractivity contribution is 6.31. The molecule has 4 nitrogen and oxygen atoms in total. The van der Waals surface area contributed by atoms with E-state index < -0.39 is 17.0 Å². The van der Waals surface area contributed by atoms with Gasteiger partial charge in [0.1, 0.15) is 0 Å². The fourth-order valence-electron chi connectivity index (χ4n) is 1.97. The van der Waals surface area contributed by atoms with Gasteiger partial charge in [0, 0.05) is 5.02 Å². The molecule has 1 N–H and O–H groups in total. The summed E-state index contributed by atoms with van der Waals surface area (Å²) in [5.41, 5.74) is -0.821. The van der Waals surface area contributed by atoms with E-state index in [0.717, 1.165) is 4.90 Å². The van der Waals surface area contributed by atoms with Gasteiger partial charge in [-0.25, -0.2) is 9.69 Å². The first-order chi connectivity index (χ1) is 8.67. The molecule has 0 bridgehead atoms. The van der Waals surface area contributed by atoms with E-state index in [1.807, 2.05) is 27.7 Å². The van der Waals surface area contributed by atoms with E-state index in [1.165, 1.54) is 0 Å². The topological polar surface area (TPSA) is 49.4 Å². The molecule has 3 amide bonds. The summed E-state index contributed by atoms with van der Waals surface area (Å²) in [6.07, 6.45) is 0. The predicted octanol–water partition coefficient (Wildman–Crippen LogP) is 3.20. The molecule has 0 radical (unpaired) electrons. The van der Waals surface area contributed by atoms with E-state index in [9.17, 15) is 9.59 Å². The maximum Gasteiger partial charge on any atom is 0.329 e. The maximum absolute atomic E-state index is 12.6. The number of hydrogen-bond acceptors (Lipinski definition) is 2. The first-order valence-corrected chi connectivity index (χ1v) is 6.47. The van der Waals surface area contributed by atoms with Crippen LogP contribution in [-0.2, 0) is 4.79 Å². The number of hydrogen-bond donors (Lipinski definition) is 1. The van der Waals surface area contributed by atoms with Crippen LogP contribution in [0.15, 0.2) is 24.3 Å². The molecule has 2 rings (SSSR count). The average Bonchev–Trinajstić information content (AvgIpc) is 2.26. The van der Waals surface area contributed by atoms with E-state index in [4.69, 9.17) is 11.6 Å². The first kappa shape index (κ1) is 13.9. The van der Waals surface area contributed by atoms with Crippen molar-refractivity contribution in [3.8, 4) is 0 Å². The molecule has 1 saturated heterocycles. The standard InChI is InChI=1S/C14H17ClN2O2/c1-13(2)11(18)17(12(19)16-14(13,3)4)10-7-5-6-9(15)8-10/h5-8H,1-4H3,(H,16,19). The molecule has 5 heteroatoms. The molecule has 1 aliphatic rings. The van der Waals surface area contributed by atoms with Gasteiger partial charge in [0.15, 0.2) is 0 Å². The molecule has 1 fully saturated rings. The number of carbonyl (C=O) groups excluding carboxylic acids is 2. The number of rotatable bonds is 1. The predicted molar refractivity (Wildman–Crippen MR) is 75.3 cm³/mol. The third-order valence-corrected chi connectivity index (χ3v) is 4.22. The second kappa shape index (κ2) is 4.23. The fraction of sp³-hybridized carbons (Fsp3) is 0.429. The summed E-state index contributed by atoms with van der Waals surface area (Å²) in [5.74, 6) is -0.233. The first-order valence-electron chi connectivity index (χ1n) is 6.09. The largest absolute Gasteiger partial charge is 0.331 e. The molecule has 1 aliphatic heterocycles. The minimum absolute atomic E-state index is 0.233. The Kier molecular flexibility index (Phi) is 3.09. The van der Waals surface area contributed by atoms with Crippen LogP contribution < -0.4 is 10.2 Å². The summed E-state index contributed by atoms with van der Waals surface area (Å²) >= 11 is 5.92. The summed E-state index contributed by atoms with van der Waals surface area (Å²) in [4.78, 5) is 25.9. The Morgan fingerprint density at radius 2 is 1.79 bits per heavy atom. The van der Waals surface area contributed by atoms with Crippen molar-refractivity contribution in [1.29, 1.82) is 0 Å². The Morgan fingerprint density at radius 3 is 2.37 bits per heavy atom. The zero-order valence-electron chi connectivity index (χ0n) is 11.5. The Balaban J connectivity index is 2.48. The second-order valence-electron chi connectivity index (χ2n) is 5.80. The van der Waals surface area contributed by atoms with Gasteiger partial charge in [0.25, 0.3) is 0 Å². The van der Waals surface area contributed by atoms with Crippen molar-refractivity contribution in [2.75, 3.05) is 4.90 Å². The van der Waals surface area contributed by atoms with Crippen LogP contribution in [0.1, 0.15) is 27.7 Å². The highest BCUT2D eigenvalue weighted by atomic mass is 35.5. The Bertz CT molecular complexity index is 552. The zero-order valence-corrected chi connectivity index (χ0v) is 12.2. The van der Waals surface area contributed by atoms with Gasteiger partial charge < -0.3 is 5.32 Å². The lowest BCUT2D eigenvalue weighted by Crippen LogP contribution is -2.69. The smallest absolute Gasteiger partial charge is 0.329 e. The summed E-state index contributed by atoms with van der Waals surface area (Å²) in [5, 5.41) is 3.35. The van der Waals surface area contributed by atoms with Crippen LogP contribution in [0.4, 0.5) is 10.5 Å². The minimum atomic E-state index is -0.705. The van der Waals surface area contributed by atoms with Gasteiger partial charge in [0.05, 0.1) is 16.6 Å². The van der Waals surface area contributed by atoms with Crippen molar-refractivity contribution in [1.82, 2.24) is 5.32 Å². The van der Waals surface area contributed by atoms with Crippen LogP contribution in [0.5, 0.6) is 0 Å². The van der Waals surface area contributed by atoms with E-state index in [1.54, 1.807) is 24.3 Å². The summed E-state index contributed by atoms with van der Waals surface area (Å²) in [6.45, 7) is 7.34. The molecule has 0 atom stereocenters. The third-order valence-electron chi connectivity index (χ3n) is 3.99. The quantitative estimate of drug-likeness (QED) is 0.859. The van der Waals surface area contributed by atoms with Crippen LogP contribution in [0.2, 0.25) is 5.02 Å². The van der Waals surface area contributed by atoms with Gasteiger partial charge in [0.2, 0.25) is 5.91 Å². The van der Waals surface area contributed by atoms with Gasteiger partial charge >= 0.3 is 6.03 Å². The van der Waals surface area contributed by atoms with Gasteiger partial charge in [-0.3, -0.25) is 4.79 Å². The van der Waals surface area contributed by atoms with Crippen LogP contribution in [0, 0.1) is 5.41 Å². The van der Waals surface area contributed by atoms with E-state index in [0.29, 0.717) is 10.7 Å². The highest BCUT2D eigenvalue weighted by Gasteiger charge is 2.52. The van der Waals surface area contributed by atoms with Gasteiger partial charge in [-0.2, -0.15) is 0 Å². The molecule has 0 unspecified atom stereocenters. The van der Waals surface area contributed by atoms with E-state index in [-0.39, 0.29) is 5.91 Å². The zero-order chi connectivity index (χ0) is 14.4. The Morgan fingerprint density at radius 1 is 1.16 bits per heavy atom. The Hall–Kier alpha value is -1.55. The molecule has 102 valence electrons. The average molecular weight is 281 g/mol. The molecule has 1 aromatic rings. The second-order valence-corrected chi connectivity index (χ2v) is 6.24. The lowest BCUT2D eigenvalue weighted by Gasteiger charge is -2.48. The van der Waals surface area contributed by atoms with Crippen molar-refractivity contribution < 1.29 is 9.59 Å². The number of benzene rings is 1. The molecule has 1 aromatic carbocycles. The van der Waals surface area contributed by atoms with E-state index >= 15 is 0 Å². The minimum Gasteiger partial charge on any atom is -0.331 e. The molecule has 0 saturated carbocycles. The molecule has 0 aromatic heterocycles. The molecule has 1 heterocycles. The fourth-order valence-corrected chi connectivity index (χ4v) is 2.15. The monoisotopic (exact) mass is 280 g/mol. The van der Waals surface area contributed by atoms with Gasteiger partial charge in [-0.1, -0.05) is 17.7 Å². The summed E-state index contributed by atoms with van der Waals surface area (Å²) in [6, 6.07) is 6.29. The number of nitrogens with one attached hydrogen (secondary N) is 1. The number of imide groups is 1. The lowest BCUT2D eigenvalue weighted by molar-refractivity contribution is -0.130. The number of carbonyl (C=O) groups is 2. The number of halogens is 1. The highest BCUT2D eigenvalue weighted by Crippen LogP contribution is 2.38. The Labute approximate surface area is 117 Å². The maximum atomic E-state index is 12.6. The van der Waals surface area contributed by atoms with Crippen molar-refractivity contribution in [3.63, 3.8) is 0 Å². The van der Waals surface area contributed by atoms with Crippen LogP contribution in [0.3, 0.4) is 0 Å². The molecular formula is C14H17ClN2O2. The summed E-state index contributed by atoms with van der Waals surface area (Å²) in [7, 11) is 0. The number of anilines is 1. The number of urea groups is 1. The van der Waals surface area contributed by atoms with E-state index in [2.05, 4.69) is 5.32 Å². The van der Waals surface area contributed by atoms with Crippen molar-refractivity contribution in [2.45, 2.75) is 33.2 Å². The lowest BCUT2D eigenvalue weighted by atomic mass is 9.72. The SMILES string of the molecule is CC1(C)NC(=O)N(c2cccc(Cl)c2)C(=O)C1(C)C. The normalized spacial score (nSPS) is 21.2. The van der Waals surface area contributed by atoms with Crippen LogP contribution in [0.25, 0.3) is 0 Å².